The van der Waals surface area contributed by atoms with Crippen molar-refractivity contribution in [2.45, 2.75) is 55.8 Å². The van der Waals surface area contributed by atoms with Gasteiger partial charge >= 0.3 is 6.18 Å². The molecule has 17 nitrogen and oxygen atoms in total. The lowest BCUT2D eigenvalue weighted by atomic mass is 9.90. The molecule has 0 bridgehead atoms. The zero-order valence-electron chi connectivity index (χ0n) is 33.7. The standard InChI is InChI=1S/C40H49F3N10O7S/c1-39(2,56)26-53-24-28(21-47-53)36-34(40(41,42)43)23-46-38(51-36)49-29-5-9-32(10-6-29)61-48-14-16-59-25-30(52-44)22-45-13-15-57-17-18-58-19-20-60-31-7-3-27(4-8-31)33-11-12-35(54)50-37(33)55/h3-10,21-24,33,48,56H,11-20,25-26H2,1-2H3,(H4,44,45,46,49,50,51,54,55)/p+1. The second-order valence-electron chi connectivity index (χ2n) is 14.3. The molecule has 5 rings (SSSR count). The van der Waals surface area contributed by atoms with E-state index in [4.69, 9.17) is 24.8 Å². The summed E-state index contributed by atoms with van der Waals surface area (Å²) in [4.78, 5) is 36.6. The van der Waals surface area contributed by atoms with Crippen LogP contribution in [0.25, 0.3) is 11.3 Å². The molecule has 328 valence electrons. The summed E-state index contributed by atoms with van der Waals surface area (Å²) in [5, 5.41) is 22.0. The number of imide groups is 1. The van der Waals surface area contributed by atoms with Crippen molar-refractivity contribution < 1.29 is 51.5 Å². The number of piperidine rings is 1. The molecule has 3 heterocycles. The normalized spacial score (nSPS) is 15.0. The van der Waals surface area contributed by atoms with Crippen molar-refractivity contribution in [1.82, 2.24) is 25.1 Å². The van der Waals surface area contributed by atoms with Crippen LogP contribution in [0.1, 0.15) is 43.7 Å². The number of aromatic amines is 1. The SMILES string of the molecule is CC(C)(O)C[n+]1cc(-c2nc(Nc3ccc(SNCCOC/C(C=NCCOCCOCCOc4ccc(C5CCC(=O)NC5=O)cc4)=N/N)cc3)ncc2C(F)(F)F)c[nH]1. The van der Waals surface area contributed by atoms with Crippen LogP contribution in [-0.2, 0) is 36.5 Å². The van der Waals surface area contributed by atoms with E-state index in [1.807, 2.05) is 24.3 Å². The molecule has 0 saturated carbocycles. The van der Waals surface area contributed by atoms with Crippen LogP contribution in [0.15, 0.2) is 82.1 Å². The number of benzene rings is 2. The summed E-state index contributed by atoms with van der Waals surface area (Å²) in [7, 11) is 0. The highest BCUT2D eigenvalue weighted by atomic mass is 32.2. The number of aliphatic hydroxyl groups is 1. The third-order valence-corrected chi connectivity index (χ3v) is 9.52. The van der Waals surface area contributed by atoms with Crippen molar-refractivity contribution in [3.8, 4) is 17.0 Å². The van der Waals surface area contributed by atoms with Crippen LogP contribution in [-0.4, -0.2) is 109 Å². The largest absolute Gasteiger partial charge is 0.491 e. The van der Waals surface area contributed by atoms with E-state index in [9.17, 15) is 27.9 Å². The number of nitrogens with two attached hydrogens (primary N) is 1. The minimum absolute atomic E-state index is 0.00989. The zero-order chi connectivity index (χ0) is 43.7. The second kappa shape index (κ2) is 23.0. The van der Waals surface area contributed by atoms with E-state index in [2.05, 4.69) is 40.5 Å². The molecule has 1 aliphatic rings. The Bertz CT molecular complexity index is 2080. The van der Waals surface area contributed by atoms with Crippen LogP contribution in [0.4, 0.5) is 24.8 Å². The number of carbonyl (C=O) groups is 2. The molecule has 1 aliphatic heterocycles. The summed E-state index contributed by atoms with van der Waals surface area (Å²) in [6, 6.07) is 14.4. The Kier molecular flexibility index (Phi) is 17.5. The highest BCUT2D eigenvalue weighted by Gasteiger charge is 2.36. The maximum absolute atomic E-state index is 13.8. The summed E-state index contributed by atoms with van der Waals surface area (Å²) in [5.41, 5.74) is -0.272. The first-order valence-corrected chi connectivity index (χ1v) is 20.2. The Morgan fingerprint density at radius 3 is 2.48 bits per heavy atom. The Labute approximate surface area is 354 Å². The number of amides is 2. The van der Waals surface area contributed by atoms with Gasteiger partial charge < -0.3 is 35.2 Å². The van der Waals surface area contributed by atoms with Gasteiger partial charge in [-0.25, -0.2) is 9.97 Å². The van der Waals surface area contributed by atoms with Crippen molar-refractivity contribution >= 4 is 47.3 Å². The second-order valence-corrected chi connectivity index (χ2v) is 15.2. The molecular weight excluding hydrogens is 822 g/mol. The van der Waals surface area contributed by atoms with E-state index >= 15 is 0 Å². The van der Waals surface area contributed by atoms with Gasteiger partial charge in [0.25, 0.3) is 0 Å². The van der Waals surface area contributed by atoms with Gasteiger partial charge in [0.2, 0.25) is 24.0 Å². The summed E-state index contributed by atoms with van der Waals surface area (Å²) in [5.74, 6) is 5.29. The highest BCUT2D eigenvalue weighted by Crippen LogP contribution is 2.36. The molecule has 1 unspecified atom stereocenters. The fourth-order valence-corrected chi connectivity index (χ4v) is 6.43. The molecular formula is C40H50F3N10O7S+. The van der Waals surface area contributed by atoms with Crippen molar-refractivity contribution in [3.05, 3.63) is 78.2 Å². The fourth-order valence-electron chi connectivity index (χ4n) is 5.81. The molecule has 21 heteroatoms. The van der Waals surface area contributed by atoms with Crippen molar-refractivity contribution in [2.24, 2.45) is 15.9 Å². The van der Waals surface area contributed by atoms with Crippen LogP contribution < -0.4 is 30.6 Å². The number of alkyl halides is 3. The van der Waals surface area contributed by atoms with Gasteiger partial charge in [-0.1, -0.05) is 12.1 Å². The van der Waals surface area contributed by atoms with Crippen LogP contribution in [0.5, 0.6) is 5.75 Å². The van der Waals surface area contributed by atoms with E-state index in [1.54, 1.807) is 38.1 Å². The van der Waals surface area contributed by atoms with Crippen molar-refractivity contribution in [3.63, 3.8) is 0 Å². The zero-order valence-corrected chi connectivity index (χ0v) is 34.6. The number of hydrogen-bond donors (Lipinski definition) is 6. The quantitative estimate of drug-likeness (QED) is 0.0112. The molecule has 0 radical (unpaired) electrons. The van der Waals surface area contributed by atoms with Gasteiger partial charge in [-0.2, -0.15) is 23.4 Å². The fraction of sp³-hybridized carbons (Fsp3) is 0.425. The molecule has 1 saturated heterocycles. The first-order valence-electron chi connectivity index (χ1n) is 19.4. The maximum atomic E-state index is 13.8. The number of H-pyrrole nitrogens is 1. The number of nitrogens with one attached hydrogen (secondary N) is 4. The molecule has 2 amide bonds. The van der Waals surface area contributed by atoms with Gasteiger partial charge in [-0.05, 0) is 74.2 Å². The molecule has 1 fully saturated rings. The Hall–Kier alpha value is -5.45. The first kappa shape index (κ1) is 46.6. The average Bonchev–Trinajstić information content (AvgIpc) is 3.68. The molecule has 61 heavy (non-hydrogen) atoms. The average molecular weight is 872 g/mol. The van der Waals surface area contributed by atoms with Crippen LogP contribution >= 0.6 is 11.9 Å². The third kappa shape index (κ3) is 15.8. The molecule has 2 aromatic heterocycles. The molecule has 7 N–H and O–H groups in total. The molecule has 1 atom stereocenters. The molecule has 2 aromatic carbocycles. The topological polar surface area (TPSA) is 224 Å². The van der Waals surface area contributed by atoms with Gasteiger partial charge in [0.15, 0.2) is 6.54 Å². The van der Waals surface area contributed by atoms with Crippen LogP contribution in [0.2, 0.25) is 0 Å². The Morgan fingerprint density at radius 1 is 1.03 bits per heavy atom. The number of halogens is 3. The van der Waals surface area contributed by atoms with E-state index in [0.717, 1.165) is 16.7 Å². The minimum Gasteiger partial charge on any atom is -0.491 e. The monoisotopic (exact) mass is 871 g/mol. The summed E-state index contributed by atoms with van der Waals surface area (Å²) >= 11 is 1.38. The number of hydrogen-bond acceptors (Lipinski definition) is 15. The minimum atomic E-state index is -4.67. The van der Waals surface area contributed by atoms with E-state index in [0.29, 0.717) is 82.7 Å². The van der Waals surface area contributed by atoms with Gasteiger partial charge in [0.1, 0.15) is 29.2 Å². The lowest BCUT2D eigenvalue weighted by Gasteiger charge is -2.21. The number of anilines is 2. The van der Waals surface area contributed by atoms with E-state index < -0.39 is 17.3 Å². The Balaban J connectivity index is 0.899. The molecule has 0 aliphatic carbocycles. The number of aliphatic imine (C=N–C) groups is 1. The van der Waals surface area contributed by atoms with E-state index in [1.165, 1.54) is 35.2 Å². The molecule has 0 spiro atoms. The highest BCUT2D eigenvalue weighted by molar-refractivity contribution is 7.97. The first-order chi connectivity index (χ1) is 29.3. The number of hydrazone groups is 1. The number of aromatic nitrogens is 4. The maximum Gasteiger partial charge on any atom is 0.420 e. The van der Waals surface area contributed by atoms with Gasteiger partial charge in [0.05, 0.1) is 69.6 Å². The number of nitrogens with zero attached hydrogens (tertiary/aromatic N) is 5. The van der Waals surface area contributed by atoms with Crippen molar-refractivity contribution in [1.29, 1.82) is 0 Å². The van der Waals surface area contributed by atoms with Crippen LogP contribution in [0, 0.1) is 0 Å². The smallest absolute Gasteiger partial charge is 0.420 e. The lowest BCUT2D eigenvalue weighted by Crippen LogP contribution is -2.45. The van der Waals surface area contributed by atoms with Crippen molar-refractivity contribution in [2.75, 3.05) is 64.7 Å². The van der Waals surface area contributed by atoms with Crippen LogP contribution in [0.3, 0.4) is 0 Å². The number of ether oxygens (including phenoxy) is 4. The summed E-state index contributed by atoms with van der Waals surface area (Å²) in [6.45, 7) is 6.69. The lowest BCUT2D eigenvalue weighted by molar-refractivity contribution is -0.760. The third-order valence-electron chi connectivity index (χ3n) is 8.67. The Morgan fingerprint density at radius 2 is 1.77 bits per heavy atom. The predicted octanol–water partition coefficient (Wildman–Crippen LogP) is 3.92. The predicted molar refractivity (Wildman–Crippen MR) is 221 cm³/mol. The number of carbonyl (C=O) groups excluding carboxylic acids is 2. The number of rotatable bonds is 24. The van der Waals surface area contributed by atoms with Gasteiger partial charge in [0, 0.05) is 36.0 Å². The van der Waals surface area contributed by atoms with E-state index in [-0.39, 0.29) is 48.1 Å². The van der Waals surface area contributed by atoms with Gasteiger partial charge in [-0.3, -0.25) is 24.6 Å². The van der Waals surface area contributed by atoms with Gasteiger partial charge in [-0.15, -0.1) is 4.68 Å². The molecule has 4 aromatic rings. The summed E-state index contributed by atoms with van der Waals surface area (Å²) < 4.78 is 68.6. The summed E-state index contributed by atoms with van der Waals surface area (Å²) in [6.07, 6.45) is 1.30.